The second kappa shape index (κ2) is 10.8. The first-order valence-corrected chi connectivity index (χ1v) is 8.55. The summed E-state index contributed by atoms with van der Waals surface area (Å²) in [4.78, 5) is 2.35. The average molecular weight is 349 g/mol. The first-order valence-electron chi connectivity index (χ1n) is 8.14. The summed E-state index contributed by atoms with van der Waals surface area (Å²) in [6.07, 6.45) is 1.74. The number of ether oxygens (including phenoxy) is 1. The van der Waals surface area contributed by atoms with Crippen molar-refractivity contribution in [1.82, 2.24) is 15.6 Å². The molecule has 0 aliphatic heterocycles. The summed E-state index contributed by atoms with van der Waals surface area (Å²) in [6.45, 7) is 13.4. The second-order valence-corrected chi connectivity index (χ2v) is 5.70. The molecule has 0 amide bonds. The van der Waals surface area contributed by atoms with Crippen LogP contribution in [0.5, 0.6) is 5.75 Å². The van der Waals surface area contributed by atoms with Crippen molar-refractivity contribution in [3.63, 3.8) is 0 Å². The van der Waals surface area contributed by atoms with E-state index >= 15 is 0 Å². The predicted octanol–water partition coefficient (Wildman–Crippen LogP) is 2.91. The number of hydrogen-bond donors (Lipinski definition) is 2. The molecule has 1 rings (SSSR count). The van der Waals surface area contributed by atoms with E-state index in [9.17, 15) is 0 Å². The molecule has 1 aromatic carbocycles. The summed E-state index contributed by atoms with van der Waals surface area (Å²) >= 11 is 5.14. The van der Waals surface area contributed by atoms with Crippen LogP contribution < -0.4 is 15.5 Å². The Morgan fingerprint density at radius 1 is 1.38 bits per heavy atom. The molecule has 0 atom stereocenters. The average Bonchev–Trinajstić information content (AvgIpc) is 2.61. The van der Waals surface area contributed by atoms with Crippen molar-refractivity contribution in [2.75, 3.05) is 26.7 Å². The van der Waals surface area contributed by atoms with E-state index in [0.29, 0.717) is 11.7 Å². The van der Waals surface area contributed by atoms with Crippen LogP contribution >= 0.6 is 12.2 Å². The number of thiocarbonyl (C=S) groups is 1. The molecule has 0 bridgehead atoms. The Hall–Kier alpha value is -1.92. The standard InChI is InChI=1S/C18H28N4OS/c1-6-11-19-18(24)21-20-14(4)15-9-10-17(23-5)16(12-15)13-22(7-2)8-3/h6,9-10,12H,1,7-8,11,13H2,2-5H3,(H2,19,21,24)/b20-14-. The molecule has 0 radical (unpaired) electrons. The van der Waals surface area contributed by atoms with Gasteiger partial charge in [0.05, 0.1) is 12.8 Å². The molecule has 0 unspecified atom stereocenters. The van der Waals surface area contributed by atoms with Gasteiger partial charge in [0.1, 0.15) is 5.75 Å². The summed E-state index contributed by atoms with van der Waals surface area (Å²) in [7, 11) is 1.70. The molecule has 0 fully saturated rings. The second-order valence-electron chi connectivity index (χ2n) is 5.30. The lowest BCUT2D eigenvalue weighted by molar-refractivity contribution is 0.289. The Bertz CT molecular complexity index is 582. The Balaban J connectivity index is 2.90. The molecule has 0 aliphatic carbocycles. The minimum Gasteiger partial charge on any atom is -0.496 e. The number of hydrazone groups is 1. The van der Waals surface area contributed by atoms with Crippen LogP contribution in [0, 0.1) is 0 Å². The number of nitrogens with zero attached hydrogens (tertiary/aromatic N) is 2. The normalized spacial score (nSPS) is 11.3. The lowest BCUT2D eigenvalue weighted by Gasteiger charge is -2.20. The maximum atomic E-state index is 5.49. The van der Waals surface area contributed by atoms with Gasteiger partial charge in [-0.2, -0.15) is 5.10 Å². The third-order valence-corrected chi connectivity index (χ3v) is 3.95. The Kier molecular flexibility index (Phi) is 9.04. The van der Waals surface area contributed by atoms with Crippen LogP contribution in [-0.4, -0.2) is 42.5 Å². The van der Waals surface area contributed by atoms with Crippen molar-refractivity contribution in [3.05, 3.63) is 42.0 Å². The highest BCUT2D eigenvalue weighted by atomic mass is 32.1. The smallest absolute Gasteiger partial charge is 0.187 e. The minimum atomic E-state index is 0.478. The van der Waals surface area contributed by atoms with Gasteiger partial charge in [0.2, 0.25) is 0 Å². The van der Waals surface area contributed by atoms with Crippen molar-refractivity contribution in [2.45, 2.75) is 27.3 Å². The summed E-state index contributed by atoms with van der Waals surface area (Å²) in [5, 5.41) is 7.79. The molecule has 0 heterocycles. The minimum absolute atomic E-state index is 0.478. The van der Waals surface area contributed by atoms with E-state index in [2.05, 4.69) is 47.2 Å². The molecular weight excluding hydrogens is 320 g/mol. The van der Waals surface area contributed by atoms with Gasteiger partial charge in [-0.15, -0.1) is 6.58 Å². The first-order chi connectivity index (χ1) is 11.5. The first kappa shape index (κ1) is 20.1. The van der Waals surface area contributed by atoms with Gasteiger partial charge < -0.3 is 10.1 Å². The quantitative estimate of drug-likeness (QED) is 0.311. The highest BCUT2D eigenvalue weighted by Crippen LogP contribution is 2.22. The zero-order valence-electron chi connectivity index (χ0n) is 15.1. The number of rotatable bonds is 9. The zero-order valence-corrected chi connectivity index (χ0v) is 15.9. The van der Waals surface area contributed by atoms with Gasteiger partial charge in [0.25, 0.3) is 0 Å². The maximum absolute atomic E-state index is 5.49. The molecular formula is C18H28N4OS. The molecule has 0 saturated carbocycles. The summed E-state index contributed by atoms with van der Waals surface area (Å²) in [5.41, 5.74) is 5.90. The van der Waals surface area contributed by atoms with E-state index in [4.69, 9.17) is 17.0 Å². The van der Waals surface area contributed by atoms with E-state index in [1.165, 1.54) is 0 Å². The predicted molar refractivity (Wildman–Crippen MR) is 106 cm³/mol. The zero-order chi connectivity index (χ0) is 17.9. The van der Waals surface area contributed by atoms with Crippen molar-refractivity contribution >= 4 is 23.0 Å². The van der Waals surface area contributed by atoms with Crippen molar-refractivity contribution in [3.8, 4) is 5.75 Å². The molecule has 2 N–H and O–H groups in total. The van der Waals surface area contributed by atoms with Gasteiger partial charge in [-0.1, -0.05) is 19.9 Å². The SMILES string of the molecule is C=CCNC(=S)N/N=C(/C)c1ccc(OC)c(CN(CC)CC)c1. The van der Waals surface area contributed by atoms with E-state index < -0.39 is 0 Å². The number of benzene rings is 1. The fraction of sp³-hybridized carbons (Fsp3) is 0.444. The maximum Gasteiger partial charge on any atom is 0.187 e. The van der Waals surface area contributed by atoms with E-state index in [1.807, 2.05) is 19.1 Å². The fourth-order valence-corrected chi connectivity index (χ4v) is 2.35. The molecule has 1 aromatic rings. The van der Waals surface area contributed by atoms with E-state index in [1.54, 1.807) is 13.2 Å². The van der Waals surface area contributed by atoms with Crippen LogP contribution in [0.1, 0.15) is 31.9 Å². The summed E-state index contributed by atoms with van der Waals surface area (Å²) < 4.78 is 5.49. The largest absolute Gasteiger partial charge is 0.496 e. The van der Waals surface area contributed by atoms with Crippen LogP contribution in [0.25, 0.3) is 0 Å². The molecule has 6 heteroatoms. The summed E-state index contributed by atoms with van der Waals surface area (Å²) in [5.74, 6) is 0.898. The van der Waals surface area contributed by atoms with Crippen LogP contribution in [-0.2, 0) is 6.54 Å². The van der Waals surface area contributed by atoms with Crippen molar-refractivity contribution in [2.24, 2.45) is 5.10 Å². The van der Waals surface area contributed by atoms with Gasteiger partial charge in [-0.05, 0) is 56.0 Å². The summed E-state index contributed by atoms with van der Waals surface area (Å²) in [6, 6.07) is 6.12. The Labute approximate surface area is 150 Å². The van der Waals surface area contributed by atoms with Crippen molar-refractivity contribution in [1.29, 1.82) is 0 Å². The van der Waals surface area contributed by atoms with Gasteiger partial charge in [0.15, 0.2) is 5.11 Å². The molecule has 0 aliphatic rings. The number of methoxy groups -OCH3 is 1. The van der Waals surface area contributed by atoms with Crippen LogP contribution in [0.3, 0.4) is 0 Å². The lowest BCUT2D eigenvalue weighted by atomic mass is 10.1. The van der Waals surface area contributed by atoms with Gasteiger partial charge >= 0.3 is 0 Å². The number of hydrogen-bond acceptors (Lipinski definition) is 4. The Morgan fingerprint density at radius 3 is 2.67 bits per heavy atom. The fourth-order valence-electron chi connectivity index (χ4n) is 2.22. The number of nitrogens with one attached hydrogen (secondary N) is 2. The van der Waals surface area contributed by atoms with E-state index in [-0.39, 0.29) is 0 Å². The molecule has 0 spiro atoms. The van der Waals surface area contributed by atoms with E-state index in [0.717, 1.165) is 42.2 Å². The highest BCUT2D eigenvalue weighted by molar-refractivity contribution is 7.80. The van der Waals surface area contributed by atoms with Crippen LogP contribution in [0.2, 0.25) is 0 Å². The molecule has 132 valence electrons. The van der Waals surface area contributed by atoms with Crippen LogP contribution in [0.4, 0.5) is 0 Å². The monoisotopic (exact) mass is 348 g/mol. The topological polar surface area (TPSA) is 48.9 Å². The molecule has 24 heavy (non-hydrogen) atoms. The molecule has 0 aromatic heterocycles. The lowest BCUT2D eigenvalue weighted by Crippen LogP contribution is -2.32. The molecule has 0 saturated heterocycles. The molecule has 5 nitrogen and oxygen atoms in total. The highest BCUT2D eigenvalue weighted by Gasteiger charge is 2.09. The third-order valence-electron chi connectivity index (χ3n) is 3.72. The Morgan fingerprint density at radius 2 is 2.08 bits per heavy atom. The van der Waals surface area contributed by atoms with Gasteiger partial charge in [-0.25, -0.2) is 0 Å². The van der Waals surface area contributed by atoms with Crippen LogP contribution in [0.15, 0.2) is 36.0 Å². The van der Waals surface area contributed by atoms with Gasteiger partial charge in [0, 0.05) is 18.7 Å². The van der Waals surface area contributed by atoms with Crippen molar-refractivity contribution < 1.29 is 4.74 Å². The van der Waals surface area contributed by atoms with Gasteiger partial charge in [-0.3, -0.25) is 10.3 Å². The third kappa shape index (κ3) is 6.29.